The molecule has 0 heterocycles. The van der Waals surface area contributed by atoms with Crippen molar-refractivity contribution < 1.29 is 23.9 Å². The number of hydrogen-bond donors (Lipinski definition) is 2. The largest absolute Gasteiger partial charge is 0.490 e. The highest BCUT2D eigenvalue weighted by molar-refractivity contribution is 6.42. The third kappa shape index (κ3) is 7.35. The normalized spacial score (nSPS) is 10.7. The Morgan fingerprint density at radius 1 is 0.861 bits per heavy atom. The number of benzene rings is 3. The van der Waals surface area contributed by atoms with E-state index in [9.17, 15) is 14.4 Å². The predicted molar refractivity (Wildman–Crippen MR) is 140 cm³/mol. The molecular formula is C24H17Cl4N3O5. The van der Waals surface area contributed by atoms with Crippen molar-refractivity contribution in [3.05, 3.63) is 85.8 Å². The standard InChI is InChI=1S/C24H17Cl4N3O5/c1-2-35-21-9-13(3-8-20(21)36-24(34)16-6-4-14(25)10-18(16)28)12-29-31-23(33)22(32)30-19-11-15(26)5-7-17(19)27/h3-12H,2H2,1H3,(H,30,32)(H,31,33). The van der Waals surface area contributed by atoms with E-state index in [0.717, 1.165) is 0 Å². The summed E-state index contributed by atoms with van der Waals surface area (Å²) in [5.74, 6) is -2.32. The van der Waals surface area contributed by atoms with E-state index in [1.807, 2.05) is 0 Å². The molecule has 0 radical (unpaired) electrons. The van der Waals surface area contributed by atoms with Gasteiger partial charge in [0.05, 0.1) is 34.1 Å². The first-order valence-electron chi connectivity index (χ1n) is 10.2. The molecule has 186 valence electrons. The molecule has 0 fully saturated rings. The van der Waals surface area contributed by atoms with Crippen LogP contribution in [0.1, 0.15) is 22.8 Å². The molecule has 3 aromatic carbocycles. The second-order valence-electron chi connectivity index (χ2n) is 6.93. The van der Waals surface area contributed by atoms with E-state index in [4.69, 9.17) is 55.9 Å². The number of esters is 1. The van der Waals surface area contributed by atoms with Crippen molar-refractivity contribution in [1.82, 2.24) is 5.43 Å². The number of hydrogen-bond acceptors (Lipinski definition) is 6. The molecule has 36 heavy (non-hydrogen) atoms. The number of nitrogens with zero attached hydrogens (tertiary/aromatic N) is 1. The van der Waals surface area contributed by atoms with Gasteiger partial charge in [0.15, 0.2) is 11.5 Å². The summed E-state index contributed by atoms with van der Waals surface area (Å²) in [6, 6.07) is 13.4. The smallest absolute Gasteiger partial charge is 0.345 e. The zero-order valence-corrected chi connectivity index (χ0v) is 21.5. The van der Waals surface area contributed by atoms with Crippen molar-refractivity contribution in [3.63, 3.8) is 0 Å². The van der Waals surface area contributed by atoms with Crippen LogP contribution < -0.4 is 20.2 Å². The van der Waals surface area contributed by atoms with E-state index in [-0.39, 0.29) is 39.4 Å². The molecule has 0 aromatic heterocycles. The Morgan fingerprint density at radius 2 is 1.58 bits per heavy atom. The van der Waals surface area contributed by atoms with Crippen molar-refractivity contribution in [1.29, 1.82) is 0 Å². The summed E-state index contributed by atoms with van der Waals surface area (Å²) in [6.07, 6.45) is 1.28. The van der Waals surface area contributed by atoms with Crippen molar-refractivity contribution >= 4 is 76.1 Å². The molecule has 0 spiro atoms. The topological polar surface area (TPSA) is 106 Å². The summed E-state index contributed by atoms with van der Waals surface area (Å²) in [5, 5.41) is 7.19. The minimum atomic E-state index is -1.03. The van der Waals surface area contributed by atoms with Gasteiger partial charge in [-0.3, -0.25) is 9.59 Å². The number of carbonyl (C=O) groups excluding carboxylic acids is 3. The third-order valence-corrected chi connectivity index (χ3v) is 5.50. The molecule has 0 bridgehead atoms. The van der Waals surface area contributed by atoms with Gasteiger partial charge in [0.1, 0.15) is 0 Å². The van der Waals surface area contributed by atoms with Crippen LogP contribution in [0, 0.1) is 0 Å². The van der Waals surface area contributed by atoms with Crippen LogP contribution in [-0.4, -0.2) is 30.6 Å². The summed E-state index contributed by atoms with van der Waals surface area (Å²) in [6.45, 7) is 2.04. The number of anilines is 1. The van der Waals surface area contributed by atoms with Crippen LogP contribution in [0.3, 0.4) is 0 Å². The van der Waals surface area contributed by atoms with Crippen LogP contribution >= 0.6 is 46.4 Å². The van der Waals surface area contributed by atoms with Crippen LogP contribution in [0.15, 0.2) is 59.7 Å². The van der Waals surface area contributed by atoms with E-state index in [1.54, 1.807) is 19.1 Å². The average Bonchev–Trinajstić information content (AvgIpc) is 2.83. The lowest BCUT2D eigenvalue weighted by atomic mass is 10.2. The van der Waals surface area contributed by atoms with E-state index in [1.165, 1.54) is 48.7 Å². The van der Waals surface area contributed by atoms with Crippen LogP contribution in [0.25, 0.3) is 0 Å². The lowest BCUT2D eigenvalue weighted by molar-refractivity contribution is -0.136. The van der Waals surface area contributed by atoms with Crippen LogP contribution in [0.2, 0.25) is 20.1 Å². The lowest BCUT2D eigenvalue weighted by Gasteiger charge is -2.12. The number of rotatable bonds is 7. The van der Waals surface area contributed by atoms with Gasteiger partial charge in [0.25, 0.3) is 0 Å². The van der Waals surface area contributed by atoms with Crippen molar-refractivity contribution in [2.45, 2.75) is 6.92 Å². The maximum Gasteiger partial charge on any atom is 0.345 e. The van der Waals surface area contributed by atoms with Crippen LogP contribution in [0.5, 0.6) is 11.5 Å². The first-order valence-corrected chi connectivity index (χ1v) is 11.7. The molecule has 8 nitrogen and oxygen atoms in total. The maximum absolute atomic E-state index is 12.5. The summed E-state index contributed by atoms with van der Waals surface area (Å²) < 4.78 is 11.0. The molecule has 0 saturated carbocycles. The Morgan fingerprint density at radius 3 is 2.31 bits per heavy atom. The Balaban J connectivity index is 1.66. The number of ether oxygens (including phenoxy) is 2. The zero-order chi connectivity index (χ0) is 26.2. The molecule has 0 saturated heterocycles. The van der Waals surface area contributed by atoms with Gasteiger partial charge in [-0.25, -0.2) is 10.2 Å². The number of amides is 2. The fourth-order valence-corrected chi connectivity index (χ4v) is 3.58. The second-order valence-corrected chi connectivity index (χ2v) is 8.62. The molecule has 0 aliphatic heterocycles. The summed E-state index contributed by atoms with van der Waals surface area (Å²) >= 11 is 23.8. The van der Waals surface area contributed by atoms with Gasteiger partial charge in [0, 0.05) is 10.0 Å². The fourth-order valence-electron chi connectivity index (χ4n) is 2.76. The third-order valence-electron chi connectivity index (χ3n) is 4.38. The molecule has 0 unspecified atom stereocenters. The van der Waals surface area contributed by atoms with Gasteiger partial charge >= 0.3 is 17.8 Å². The molecule has 3 rings (SSSR count). The predicted octanol–water partition coefficient (Wildman–Crippen LogP) is 6.01. The van der Waals surface area contributed by atoms with Crippen LogP contribution in [-0.2, 0) is 9.59 Å². The Kier molecular flexibility index (Phi) is 9.55. The number of hydrazone groups is 1. The average molecular weight is 569 g/mol. The molecule has 12 heteroatoms. The highest BCUT2D eigenvalue weighted by Gasteiger charge is 2.17. The first-order chi connectivity index (χ1) is 17.2. The molecule has 2 amide bonds. The molecule has 3 aromatic rings. The van der Waals surface area contributed by atoms with Crippen LogP contribution in [0.4, 0.5) is 5.69 Å². The Bertz CT molecular complexity index is 1350. The van der Waals surface area contributed by atoms with Crippen molar-refractivity contribution in [2.24, 2.45) is 5.10 Å². The summed E-state index contributed by atoms with van der Waals surface area (Å²) in [7, 11) is 0. The van der Waals surface area contributed by atoms with Gasteiger partial charge in [-0.1, -0.05) is 46.4 Å². The molecule has 0 aliphatic carbocycles. The highest BCUT2D eigenvalue weighted by atomic mass is 35.5. The number of nitrogens with one attached hydrogen (secondary N) is 2. The molecule has 0 atom stereocenters. The van der Waals surface area contributed by atoms with Gasteiger partial charge in [-0.15, -0.1) is 0 Å². The SMILES string of the molecule is CCOc1cc(C=NNC(=O)C(=O)Nc2cc(Cl)ccc2Cl)ccc1OC(=O)c1ccc(Cl)cc1Cl. The minimum absolute atomic E-state index is 0.134. The lowest BCUT2D eigenvalue weighted by Crippen LogP contribution is -2.32. The fraction of sp³-hybridized carbons (Fsp3) is 0.0833. The first kappa shape index (κ1) is 27.3. The zero-order valence-electron chi connectivity index (χ0n) is 18.5. The van der Waals surface area contributed by atoms with Gasteiger partial charge in [-0.2, -0.15) is 5.10 Å². The van der Waals surface area contributed by atoms with Gasteiger partial charge in [0.2, 0.25) is 0 Å². The highest BCUT2D eigenvalue weighted by Crippen LogP contribution is 2.30. The van der Waals surface area contributed by atoms with Gasteiger partial charge in [-0.05, 0) is 67.1 Å². The second kappa shape index (κ2) is 12.6. The maximum atomic E-state index is 12.5. The van der Waals surface area contributed by atoms with E-state index in [2.05, 4.69) is 15.8 Å². The summed E-state index contributed by atoms with van der Waals surface area (Å²) in [5.41, 5.74) is 2.91. The monoisotopic (exact) mass is 567 g/mol. The molecule has 0 aliphatic rings. The minimum Gasteiger partial charge on any atom is -0.490 e. The Hall–Kier alpha value is -3.30. The van der Waals surface area contributed by atoms with Crippen molar-refractivity contribution in [2.75, 3.05) is 11.9 Å². The summed E-state index contributed by atoms with van der Waals surface area (Å²) in [4.78, 5) is 36.7. The van der Waals surface area contributed by atoms with E-state index >= 15 is 0 Å². The number of carbonyl (C=O) groups is 3. The van der Waals surface area contributed by atoms with E-state index < -0.39 is 17.8 Å². The van der Waals surface area contributed by atoms with Crippen molar-refractivity contribution in [3.8, 4) is 11.5 Å². The van der Waals surface area contributed by atoms with Gasteiger partial charge < -0.3 is 14.8 Å². The quantitative estimate of drug-likeness (QED) is 0.119. The molecular weight excluding hydrogens is 552 g/mol. The molecule has 2 N–H and O–H groups in total. The Labute approximate surface area is 226 Å². The van der Waals surface area contributed by atoms with E-state index in [0.29, 0.717) is 15.6 Å². The number of halogens is 4.